The number of carbonyl (C=O) groups is 1. The molecule has 1 saturated carbocycles. The fourth-order valence-electron chi connectivity index (χ4n) is 2.28. The number of nitrogens with zero attached hydrogens (tertiary/aromatic N) is 1. The van der Waals surface area contributed by atoms with Crippen molar-refractivity contribution in [3.05, 3.63) is 35.9 Å². The number of rotatable bonds is 3. The van der Waals surface area contributed by atoms with E-state index in [2.05, 4.69) is 11.4 Å². The quantitative estimate of drug-likeness (QED) is 0.864. The zero-order valence-corrected chi connectivity index (χ0v) is 9.73. The molecule has 0 radical (unpaired) electrons. The van der Waals surface area contributed by atoms with E-state index in [-0.39, 0.29) is 11.8 Å². The number of nitrogens with one attached hydrogen (secondary N) is 1. The highest BCUT2D eigenvalue weighted by molar-refractivity contribution is 5.79. The minimum atomic E-state index is -0.524. The molecule has 0 saturated heterocycles. The van der Waals surface area contributed by atoms with Gasteiger partial charge >= 0.3 is 0 Å². The van der Waals surface area contributed by atoms with Gasteiger partial charge in [-0.15, -0.1) is 0 Å². The van der Waals surface area contributed by atoms with Crippen LogP contribution in [0.3, 0.4) is 0 Å². The molecule has 1 aliphatic carbocycles. The lowest BCUT2D eigenvalue weighted by molar-refractivity contribution is -0.125. The van der Waals surface area contributed by atoms with Crippen LogP contribution in [-0.2, 0) is 4.79 Å². The SMILES string of the molecule is N#CC(NC(=O)C1CCCC1)c1ccccc1. The van der Waals surface area contributed by atoms with Gasteiger partial charge in [0.1, 0.15) is 6.04 Å². The fraction of sp³-hybridized carbons (Fsp3) is 0.429. The van der Waals surface area contributed by atoms with Crippen LogP contribution >= 0.6 is 0 Å². The zero-order valence-electron chi connectivity index (χ0n) is 9.73. The molecule has 1 atom stereocenters. The second-order valence-corrected chi connectivity index (χ2v) is 4.46. The van der Waals surface area contributed by atoms with Crippen molar-refractivity contribution in [3.63, 3.8) is 0 Å². The Kier molecular flexibility index (Phi) is 3.77. The molecule has 0 spiro atoms. The molecule has 1 aliphatic rings. The summed E-state index contributed by atoms with van der Waals surface area (Å²) in [5.41, 5.74) is 0.848. The Labute approximate surface area is 101 Å². The number of nitriles is 1. The average Bonchev–Trinajstić information content (AvgIpc) is 2.90. The third kappa shape index (κ3) is 2.85. The molecule has 0 bridgehead atoms. The van der Waals surface area contributed by atoms with Gasteiger partial charge in [-0.3, -0.25) is 4.79 Å². The Balaban J connectivity index is 2.01. The second kappa shape index (κ2) is 5.49. The van der Waals surface area contributed by atoms with E-state index in [9.17, 15) is 4.79 Å². The van der Waals surface area contributed by atoms with E-state index in [4.69, 9.17) is 5.26 Å². The van der Waals surface area contributed by atoms with Crippen LogP contribution in [0.2, 0.25) is 0 Å². The minimum absolute atomic E-state index is 0.0258. The van der Waals surface area contributed by atoms with Crippen molar-refractivity contribution in [3.8, 4) is 6.07 Å². The molecule has 1 fully saturated rings. The van der Waals surface area contributed by atoms with Gasteiger partial charge in [0.15, 0.2) is 0 Å². The lowest BCUT2D eigenvalue weighted by atomic mass is 10.0. The molecule has 0 aliphatic heterocycles. The highest BCUT2D eigenvalue weighted by Crippen LogP contribution is 2.25. The molecule has 1 unspecified atom stereocenters. The van der Waals surface area contributed by atoms with Crippen LogP contribution in [0, 0.1) is 17.2 Å². The maximum atomic E-state index is 11.9. The summed E-state index contributed by atoms with van der Waals surface area (Å²) in [6.45, 7) is 0. The molecular weight excluding hydrogens is 212 g/mol. The summed E-state index contributed by atoms with van der Waals surface area (Å²) in [4.78, 5) is 11.9. The monoisotopic (exact) mass is 228 g/mol. The highest BCUT2D eigenvalue weighted by Gasteiger charge is 2.24. The van der Waals surface area contributed by atoms with Crippen LogP contribution in [0.25, 0.3) is 0 Å². The van der Waals surface area contributed by atoms with E-state index in [0.29, 0.717) is 0 Å². The Morgan fingerprint density at radius 1 is 1.29 bits per heavy atom. The number of benzene rings is 1. The van der Waals surface area contributed by atoms with Crippen molar-refractivity contribution in [1.29, 1.82) is 5.26 Å². The van der Waals surface area contributed by atoms with Gasteiger partial charge in [-0.1, -0.05) is 43.2 Å². The molecule has 1 aromatic rings. The third-order valence-electron chi connectivity index (χ3n) is 3.27. The molecular formula is C14H16N2O. The summed E-state index contributed by atoms with van der Waals surface area (Å²) in [6, 6.07) is 11.0. The smallest absolute Gasteiger partial charge is 0.224 e. The first-order chi connectivity index (χ1) is 8.31. The van der Waals surface area contributed by atoms with Gasteiger partial charge in [0.2, 0.25) is 5.91 Å². The summed E-state index contributed by atoms with van der Waals surface area (Å²) >= 11 is 0. The Morgan fingerprint density at radius 3 is 2.53 bits per heavy atom. The summed E-state index contributed by atoms with van der Waals surface area (Å²) < 4.78 is 0. The van der Waals surface area contributed by atoms with Crippen molar-refractivity contribution in [2.45, 2.75) is 31.7 Å². The van der Waals surface area contributed by atoms with Crippen LogP contribution in [0.5, 0.6) is 0 Å². The van der Waals surface area contributed by atoms with E-state index >= 15 is 0 Å². The maximum Gasteiger partial charge on any atom is 0.224 e. The topological polar surface area (TPSA) is 52.9 Å². The Morgan fingerprint density at radius 2 is 1.94 bits per heavy atom. The Bertz CT molecular complexity index is 416. The summed E-state index contributed by atoms with van der Waals surface area (Å²) in [6.07, 6.45) is 4.17. The first-order valence-corrected chi connectivity index (χ1v) is 6.06. The number of amides is 1. The fourth-order valence-corrected chi connectivity index (χ4v) is 2.28. The lowest BCUT2D eigenvalue weighted by Gasteiger charge is -2.15. The van der Waals surface area contributed by atoms with E-state index in [1.807, 2.05) is 30.3 Å². The summed E-state index contributed by atoms with van der Waals surface area (Å²) in [5.74, 6) is 0.132. The van der Waals surface area contributed by atoms with E-state index in [1.54, 1.807) is 0 Å². The highest BCUT2D eigenvalue weighted by atomic mass is 16.1. The largest absolute Gasteiger partial charge is 0.336 e. The molecule has 88 valence electrons. The van der Waals surface area contributed by atoms with E-state index in [0.717, 1.165) is 31.2 Å². The molecule has 0 heterocycles. The van der Waals surface area contributed by atoms with Gasteiger partial charge in [0.05, 0.1) is 6.07 Å². The van der Waals surface area contributed by atoms with Gasteiger partial charge < -0.3 is 5.32 Å². The van der Waals surface area contributed by atoms with Crippen LogP contribution in [0.1, 0.15) is 37.3 Å². The molecule has 1 amide bonds. The first-order valence-electron chi connectivity index (χ1n) is 6.06. The number of hydrogen-bond donors (Lipinski definition) is 1. The van der Waals surface area contributed by atoms with Crippen LogP contribution < -0.4 is 5.32 Å². The van der Waals surface area contributed by atoms with Crippen molar-refractivity contribution in [2.75, 3.05) is 0 Å². The van der Waals surface area contributed by atoms with Gasteiger partial charge in [-0.2, -0.15) is 5.26 Å². The molecule has 3 nitrogen and oxygen atoms in total. The predicted molar refractivity (Wildman–Crippen MR) is 64.9 cm³/mol. The average molecular weight is 228 g/mol. The van der Waals surface area contributed by atoms with Crippen LogP contribution in [0.4, 0.5) is 0 Å². The number of hydrogen-bond acceptors (Lipinski definition) is 2. The molecule has 3 heteroatoms. The maximum absolute atomic E-state index is 11.9. The van der Waals surface area contributed by atoms with Crippen molar-refractivity contribution in [2.24, 2.45) is 5.92 Å². The molecule has 0 aromatic heterocycles. The van der Waals surface area contributed by atoms with Crippen molar-refractivity contribution in [1.82, 2.24) is 5.32 Å². The van der Waals surface area contributed by atoms with Crippen LogP contribution in [-0.4, -0.2) is 5.91 Å². The summed E-state index contributed by atoms with van der Waals surface area (Å²) in [7, 11) is 0. The van der Waals surface area contributed by atoms with Gasteiger partial charge in [-0.05, 0) is 18.4 Å². The molecule has 1 aromatic carbocycles. The predicted octanol–water partition coefficient (Wildman–Crippen LogP) is 2.56. The van der Waals surface area contributed by atoms with Crippen molar-refractivity contribution < 1.29 is 4.79 Å². The minimum Gasteiger partial charge on any atom is -0.336 e. The molecule has 1 N–H and O–H groups in total. The van der Waals surface area contributed by atoms with Gasteiger partial charge in [-0.25, -0.2) is 0 Å². The zero-order chi connectivity index (χ0) is 12.1. The second-order valence-electron chi connectivity index (χ2n) is 4.46. The number of carbonyl (C=O) groups excluding carboxylic acids is 1. The van der Waals surface area contributed by atoms with Gasteiger partial charge in [0, 0.05) is 5.92 Å². The molecule has 17 heavy (non-hydrogen) atoms. The van der Waals surface area contributed by atoms with Gasteiger partial charge in [0.25, 0.3) is 0 Å². The molecule has 2 rings (SSSR count). The third-order valence-corrected chi connectivity index (χ3v) is 3.27. The van der Waals surface area contributed by atoms with E-state index in [1.165, 1.54) is 0 Å². The Hall–Kier alpha value is -1.82. The van der Waals surface area contributed by atoms with E-state index < -0.39 is 6.04 Å². The lowest BCUT2D eigenvalue weighted by Crippen LogP contribution is -2.32. The van der Waals surface area contributed by atoms with Crippen LogP contribution in [0.15, 0.2) is 30.3 Å². The normalized spacial score (nSPS) is 17.4. The van der Waals surface area contributed by atoms with Crippen molar-refractivity contribution >= 4 is 5.91 Å². The standard InChI is InChI=1S/C14H16N2O/c15-10-13(11-6-2-1-3-7-11)16-14(17)12-8-4-5-9-12/h1-3,6-7,12-13H,4-5,8-9H2,(H,16,17). The first kappa shape index (κ1) is 11.7. The summed E-state index contributed by atoms with van der Waals surface area (Å²) in [5, 5.41) is 11.9.